The topological polar surface area (TPSA) is 86.8 Å². The standard InChI is InChI=1S/C35H36FN3O4S/c36-28-20-18-26(19-21-28)24-38(31(23-25-9-2-1-3-10-25)35(41)37-29-13-4-5-14-29)33(40)17-8-22-39-30-15-6-11-27-12-7-16-32(34(27)30)44(39,42)43/h1-3,6-7,9-12,15-16,18-21,29,31H,4-5,8,13-14,17,22-24H2,(H,37,41). The minimum atomic E-state index is -3.74. The van der Waals surface area contributed by atoms with E-state index in [9.17, 15) is 22.4 Å². The molecule has 0 bridgehead atoms. The minimum absolute atomic E-state index is 0.0432. The number of carbonyl (C=O) groups is 2. The number of rotatable bonds is 11. The molecule has 2 amide bonds. The highest BCUT2D eigenvalue weighted by Crippen LogP contribution is 2.42. The summed E-state index contributed by atoms with van der Waals surface area (Å²) in [6, 6.07) is 25.6. The largest absolute Gasteiger partial charge is 0.352 e. The van der Waals surface area contributed by atoms with Crippen molar-refractivity contribution >= 4 is 38.3 Å². The lowest BCUT2D eigenvalue weighted by Crippen LogP contribution is -2.52. The van der Waals surface area contributed by atoms with Crippen molar-refractivity contribution in [2.45, 2.75) is 68.5 Å². The number of nitrogens with one attached hydrogen (secondary N) is 1. The van der Waals surface area contributed by atoms with Crippen molar-refractivity contribution < 1.29 is 22.4 Å². The second kappa shape index (κ2) is 12.8. The molecule has 6 rings (SSSR count). The van der Waals surface area contributed by atoms with E-state index in [1.807, 2.05) is 48.5 Å². The van der Waals surface area contributed by atoms with Gasteiger partial charge in [-0.2, -0.15) is 0 Å². The quantitative estimate of drug-likeness (QED) is 0.226. The van der Waals surface area contributed by atoms with Gasteiger partial charge in [0.25, 0.3) is 10.0 Å². The van der Waals surface area contributed by atoms with Crippen LogP contribution in [0.15, 0.2) is 95.9 Å². The van der Waals surface area contributed by atoms with Crippen LogP contribution in [0.3, 0.4) is 0 Å². The molecule has 4 aromatic rings. The first-order valence-corrected chi connectivity index (χ1v) is 16.7. The predicted octanol–water partition coefficient (Wildman–Crippen LogP) is 5.97. The van der Waals surface area contributed by atoms with Crippen LogP contribution < -0.4 is 9.62 Å². The van der Waals surface area contributed by atoms with Gasteiger partial charge in [-0.05, 0) is 60.0 Å². The van der Waals surface area contributed by atoms with Crippen molar-refractivity contribution in [3.8, 4) is 0 Å². The number of carbonyl (C=O) groups excluding carboxylic acids is 2. The molecular weight excluding hydrogens is 577 g/mol. The second-order valence-electron chi connectivity index (χ2n) is 11.7. The molecule has 0 aromatic heterocycles. The fraction of sp³-hybridized carbons (Fsp3) is 0.314. The Morgan fingerprint density at radius 3 is 2.32 bits per heavy atom. The van der Waals surface area contributed by atoms with Gasteiger partial charge in [0.15, 0.2) is 0 Å². The molecule has 44 heavy (non-hydrogen) atoms. The average molecular weight is 614 g/mol. The molecule has 4 aromatic carbocycles. The Balaban J connectivity index is 1.25. The number of nitrogens with zero attached hydrogens (tertiary/aromatic N) is 2. The molecule has 9 heteroatoms. The molecule has 1 aliphatic heterocycles. The summed E-state index contributed by atoms with van der Waals surface area (Å²) in [5.74, 6) is -0.848. The third-order valence-electron chi connectivity index (χ3n) is 8.67. The number of hydrogen-bond acceptors (Lipinski definition) is 4. The van der Waals surface area contributed by atoms with E-state index in [-0.39, 0.29) is 54.5 Å². The molecule has 1 saturated carbocycles. The summed E-state index contributed by atoms with van der Waals surface area (Å²) in [7, 11) is -3.74. The van der Waals surface area contributed by atoms with E-state index in [1.54, 1.807) is 35.2 Å². The zero-order chi connectivity index (χ0) is 30.7. The van der Waals surface area contributed by atoms with Crippen LogP contribution in [0.5, 0.6) is 0 Å². The molecule has 1 fully saturated rings. The molecule has 1 aliphatic carbocycles. The molecule has 2 aliphatic rings. The molecule has 0 saturated heterocycles. The fourth-order valence-corrected chi connectivity index (χ4v) is 8.17. The van der Waals surface area contributed by atoms with Crippen molar-refractivity contribution in [3.05, 3.63) is 108 Å². The Morgan fingerprint density at radius 1 is 0.886 bits per heavy atom. The van der Waals surface area contributed by atoms with E-state index < -0.39 is 16.1 Å². The summed E-state index contributed by atoms with van der Waals surface area (Å²) in [5.41, 5.74) is 2.24. The van der Waals surface area contributed by atoms with E-state index >= 15 is 0 Å². The first kappa shape index (κ1) is 29.8. The van der Waals surface area contributed by atoms with Crippen LogP contribution in [0, 0.1) is 5.82 Å². The molecule has 1 heterocycles. The van der Waals surface area contributed by atoms with Crippen molar-refractivity contribution in [1.29, 1.82) is 0 Å². The number of anilines is 1. The van der Waals surface area contributed by atoms with Gasteiger partial charge >= 0.3 is 0 Å². The summed E-state index contributed by atoms with van der Waals surface area (Å²) in [4.78, 5) is 29.7. The smallest absolute Gasteiger partial charge is 0.265 e. The van der Waals surface area contributed by atoms with Gasteiger partial charge in [-0.25, -0.2) is 12.8 Å². The van der Waals surface area contributed by atoms with E-state index in [2.05, 4.69) is 5.32 Å². The Hall–Kier alpha value is -4.24. The maximum Gasteiger partial charge on any atom is 0.265 e. The van der Waals surface area contributed by atoms with Crippen LogP contribution in [0.4, 0.5) is 10.1 Å². The van der Waals surface area contributed by atoms with E-state index in [4.69, 9.17) is 0 Å². The molecule has 0 spiro atoms. The fourth-order valence-electron chi connectivity index (χ4n) is 6.42. The molecule has 1 N–H and O–H groups in total. The van der Waals surface area contributed by atoms with Crippen LogP contribution in [-0.4, -0.2) is 43.8 Å². The van der Waals surface area contributed by atoms with Crippen LogP contribution in [0.25, 0.3) is 10.8 Å². The summed E-state index contributed by atoms with van der Waals surface area (Å²) >= 11 is 0. The highest BCUT2D eigenvalue weighted by Gasteiger charge is 2.36. The number of hydrogen-bond donors (Lipinski definition) is 1. The van der Waals surface area contributed by atoms with Crippen LogP contribution >= 0.6 is 0 Å². The molecule has 1 unspecified atom stereocenters. The number of sulfonamides is 1. The van der Waals surface area contributed by atoms with E-state index in [0.717, 1.165) is 36.6 Å². The number of halogens is 1. The Labute approximate surface area is 257 Å². The van der Waals surface area contributed by atoms with Crippen molar-refractivity contribution in [3.63, 3.8) is 0 Å². The van der Waals surface area contributed by atoms with Crippen molar-refractivity contribution in [2.24, 2.45) is 0 Å². The van der Waals surface area contributed by atoms with Crippen LogP contribution in [-0.2, 0) is 32.6 Å². The normalized spacial score (nSPS) is 16.2. The van der Waals surface area contributed by atoms with E-state index in [1.165, 1.54) is 16.4 Å². The Morgan fingerprint density at radius 2 is 1.59 bits per heavy atom. The minimum Gasteiger partial charge on any atom is -0.352 e. The lowest BCUT2D eigenvalue weighted by molar-refractivity contribution is -0.141. The van der Waals surface area contributed by atoms with Gasteiger partial charge in [-0.15, -0.1) is 0 Å². The van der Waals surface area contributed by atoms with Gasteiger partial charge in [0.2, 0.25) is 11.8 Å². The molecular formula is C35H36FN3O4S. The SMILES string of the molecule is O=C(NC1CCCC1)C(Cc1ccccc1)N(Cc1ccc(F)cc1)C(=O)CCCN1c2cccc3cccc(c23)S1(=O)=O. The van der Waals surface area contributed by atoms with Crippen LogP contribution in [0.2, 0.25) is 0 Å². The summed E-state index contributed by atoms with van der Waals surface area (Å²) in [6.45, 7) is 0.255. The maximum absolute atomic E-state index is 14.0. The van der Waals surface area contributed by atoms with Gasteiger partial charge in [-0.3, -0.25) is 13.9 Å². The summed E-state index contributed by atoms with van der Waals surface area (Å²) < 4.78 is 42.0. The zero-order valence-electron chi connectivity index (χ0n) is 24.5. The van der Waals surface area contributed by atoms with Gasteiger partial charge in [0, 0.05) is 37.4 Å². The molecule has 1 atom stereocenters. The van der Waals surface area contributed by atoms with Gasteiger partial charge in [0.05, 0.1) is 10.6 Å². The third-order valence-corrected chi connectivity index (χ3v) is 10.5. The monoisotopic (exact) mass is 613 g/mol. The zero-order valence-corrected chi connectivity index (χ0v) is 25.3. The highest BCUT2D eigenvalue weighted by atomic mass is 32.2. The highest BCUT2D eigenvalue weighted by molar-refractivity contribution is 7.93. The van der Waals surface area contributed by atoms with E-state index in [0.29, 0.717) is 23.1 Å². The Kier molecular flexibility index (Phi) is 8.66. The number of amides is 2. The lowest BCUT2D eigenvalue weighted by Gasteiger charge is -2.32. The third kappa shape index (κ3) is 6.19. The number of benzene rings is 4. The summed E-state index contributed by atoms with van der Waals surface area (Å²) in [6.07, 6.45) is 4.58. The Bertz CT molecular complexity index is 1750. The van der Waals surface area contributed by atoms with Gasteiger partial charge < -0.3 is 10.2 Å². The van der Waals surface area contributed by atoms with Gasteiger partial charge in [0.1, 0.15) is 11.9 Å². The summed E-state index contributed by atoms with van der Waals surface area (Å²) in [5, 5.41) is 4.73. The molecule has 7 nitrogen and oxygen atoms in total. The molecule has 0 radical (unpaired) electrons. The lowest BCUT2D eigenvalue weighted by atomic mass is 10.0. The maximum atomic E-state index is 14.0. The predicted molar refractivity (Wildman–Crippen MR) is 169 cm³/mol. The second-order valence-corrected chi connectivity index (χ2v) is 13.5. The molecule has 228 valence electrons. The average Bonchev–Trinajstić information content (AvgIpc) is 3.61. The van der Waals surface area contributed by atoms with Crippen LogP contribution in [0.1, 0.15) is 49.7 Å². The van der Waals surface area contributed by atoms with Crippen molar-refractivity contribution in [1.82, 2.24) is 10.2 Å². The first-order valence-electron chi connectivity index (χ1n) is 15.2. The first-order chi connectivity index (χ1) is 21.3. The van der Waals surface area contributed by atoms with Gasteiger partial charge in [-0.1, -0.05) is 79.6 Å². The van der Waals surface area contributed by atoms with Crippen molar-refractivity contribution in [2.75, 3.05) is 10.8 Å².